The highest BCUT2D eigenvalue weighted by Crippen LogP contribution is 2.29. The van der Waals surface area contributed by atoms with Crippen molar-refractivity contribution in [2.45, 2.75) is 12.3 Å². The summed E-state index contributed by atoms with van der Waals surface area (Å²) >= 11 is 0. The normalized spacial score (nSPS) is 11.8. The highest BCUT2D eigenvalue weighted by atomic mass is 19.3. The van der Waals surface area contributed by atoms with Crippen molar-refractivity contribution in [2.75, 3.05) is 11.1 Å². The van der Waals surface area contributed by atoms with E-state index >= 15 is 0 Å². The number of fused-ring (bicyclic) bond motifs is 1. The van der Waals surface area contributed by atoms with E-state index in [4.69, 9.17) is 5.73 Å². The Morgan fingerprint density at radius 2 is 2.00 bits per heavy atom. The van der Waals surface area contributed by atoms with E-state index < -0.39 is 18.3 Å². The number of benzene rings is 1. The third kappa shape index (κ3) is 2.36. The number of nitrogens with one attached hydrogen (secondary N) is 1. The molecule has 0 unspecified atom stereocenters. The Morgan fingerprint density at radius 3 is 2.65 bits per heavy atom. The average molecular weight is 287 g/mol. The van der Waals surface area contributed by atoms with E-state index in [1.54, 1.807) is 5.32 Å². The van der Waals surface area contributed by atoms with Gasteiger partial charge < -0.3 is 11.1 Å². The number of carbonyl (C=O) groups is 1. The number of hydrogen-bond donors (Lipinski definition) is 2. The third-order valence-corrected chi connectivity index (χ3v) is 2.63. The van der Waals surface area contributed by atoms with E-state index in [2.05, 4.69) is 4.98 Å². The number of hydrogen-bond acceptors (Lipinski definition) is 3. The van der Waals surface area contributed by atoms with Crippen molar-refractivity contribution in [3.8, 4) is 0 Å². The van der Waals surface area contributed by atoms with Gasteiger partial charge in [0.1, 0.15) is 0 Å². The van der Waals surface area contributed by atoms with Crippen LogP contribution in [0.5, 0.6) is 0 Å². The number of amides is 1. The maximum absolute atomic E-state index is 12.9. The zero-order valence-electron chi connectivity index (χ0n) is 9.91. The Hall–Kier alpha value is -2.38. The molecule has 0 saturated carbocycles. The summed E-state index contributed by atoms with van der Waals surface area (Å²) in [6.45, 7) is 0. The quantitative estimate of drug-likeness (QED) is 0.673. The highest BCUT2D eigenvalue weighted by Gasteiger charge is 2.49. The molecule has 0 aliphatic rings. The number of nitrogens with zero attached hydrogens (tertiary/aromatic N) is 1. The number of carbonyl (C=O) groups excluding carboxylic acids is 1. The molecule has 0 atom stereocenters. The second-order valence-corrected chi connectivity index (χ2v) is 3.98. The van der Waals surface area contributed by atoms with Crippen molar-refractivity contribution >= 4 is 28.2 Å². The van der Waals surface area contributed by atoms with Gasteiger partial charge in [-0.3, -0.25) is 9.78 Å². The molecule has 106 valence electrons. The third-order valence-electron chi connectivity index (χ3n) is 2.63. The van der Waals surface area contributed by atoms with Crippen LogP contribution < -0.4 is 11.1 Å². The largest absolute Gasteiger partial charge is 0.397 e. The fourth-order valence-electron chi connectivity index (χ4n) is 1.61. The number of anilines is 2. The van der Waals surface area contributed by atoms with Crippen molar-refractivity contribution in [3.05, 3.63) is 30.5 Å². The lowest BCUT2D eigenvalue weighted by Crippen LogP contribution is -2.41. The number of alkyl halides is 4. The fraction of sp³-hybridized carbons (Fsp3) is 0.167. The summed E-state index contributed by atoms with van der Waals surface area (Å²) in [5.41, 5.74) is 6.14. The lowest BCUT2D eigenvalue weighted by Gasteiger charge is -2.16. The van der Waals surface area contributed by atoms with E-state index in [0.29, 0.717) is 0 Å². The van der Waals surface area contributed by atoms with Crippen LogP contribution in [0.15, 0.2) is 30.5 Å². The van der Waals surface area contributed by atoms with Crippen molar-refractivity contribution in [1.82, 2.24) is 4.98 Å². The first kappa shape index (κ1) is 14.0. The van der Waals surface area contributed by atoms with Gasteiger partial charge in [0.2, 0.25) is 0 Å². The van der Waals surface area contributed by atoms with Crippen LogP contribution in [0.3, 0.4) is 0 Å². The van der Waals surface area contributed by atoms with Gasteiger partial charge in [-0.25, -0.2) is 8.78 Å². The van der Waals surface area contributed by atoms with Crippen molar-refractivity contribution in [1.29, 1.82) is 0 Å². The van der Waals surface area contributed by atoms with Crippen LogP contribution in [0.2, 0.25) is 0 Å². The van der Waals surface area contributed by atoms with Crippen molar-refractivity contribution in [3.63, 3.8) is 0 Å². The molecule has 2 rings (SSSR count). The highest BCUT2D eigenvalue weighted by molar-refractivity contribution is 6.06. The van der Waals surface area contributed by atoms with Gasteiger partial charge in [0.05, 0.1) is 16.9 Å². The van der Waals surface area contributed by atoms with Gasteiger partial charge in [-0.05, 0) is 24.3 Å². The molecule has 1 aromatic heterocycles. The monoisotopic (exact) mass is 287 g/mol. The Labute approximate surface area is 110 Å². The van der Waals surface area contributed by atoms with E-state index in [9.17, 15) is 22.4 Å². The Kier molecular flexibility index (Phi) is 3.47. The number of pyridine rings is 1. The Bertz CT molecular complexity index is 660. The van der Waals surface area contributed by atoms with Crippen LogP contribution in [0, 0.1) is 0 Å². The molecule has 0 fully saturated rings. The predicted octanol–water partition coefficient (Wildman–Crippen LogP) is 2.66. The molecule has 1 aromatic carbocycles. The van der Waals surface area contributed by atoms with E-state index in [0.717, 1.165) is 0 Å². The van der Waals surface area contributed by atoms with Gasteiger partial charge in [0.15, 0.2) is 0 Å². The summed E-state index contributed by atoms with van der Waals surface area (Å²) < 4.78 is 50.0. The first-order valence-electron chi connectivity index (χ1n) is 5.44. The molecule has 0 spiro atoms. The molecular formula is C12H9F4N3O. The summed E-state index contributed by atoms with van der Waals surface area (Å²) in [5, 5.41) is 2.05. The topological polar surface area (TPSA) is 68.0 Å². The average Bonchev–Trinajstić information content (AvgIpc) is 2.42. The van der Waals surface area contributed by atoms with Gasteiger partial charge in [0, 0.05) is 11.6 Å². The number of nitrogens with two attached hydrogens (primary N) is 1. The minimum absolute atomic E-state index is 0.0624. The molecule has 0 aliphatic carbocycles. The number of aromatic nitrogens is 1. The summed E-state index contributed by atoms with van der Waals surface area (Å²) in [4.78, 5) is 15.1. The van der Waals surface area contributed by atoms with Crippen LogP contribution in [0.1, 0.15) is 0 Å². The minimum Gasteiger partial charge on any atom is -0.397 e. The standard InChI is InChI=1S/C12H9F4N3O/c13-10(14)12(15,16)11(20)19-8-4-3-7(17)9-6(8)2-1-5-18-9/h1-5,10H,17H2,(H,19,20). The molecule has 2 aromatic rings. The van der Waals surface area contributed by atoms with E-state index in [1.165, 1.54) is 30.5 Å². The zero-order valence-corrected chi connectivity index (χ0v) is 9.91. The molecule has 0 saturated heterocycles. The summed E-state index contributed by atoms with van der Waals surface area (Å²) in [7, 11) is 0. The molecule has 3 N–H and O–H groups in total. The summed E-state index contributed by atoms with van der Waals surface area (Å²) in [6, 6.07) is 5.57. The van der Waals surface area contributed by atoms with Gasteiger partial charge in [-0.15, -0.1) is 0 Å². The first-order chi connectivity index (χ1) is 9.34. The van der Waals surface area contributed by atoms with Gasteiger partial charge in [0.25, 0.3) is 0 Å². The number of rotatable bonds is 3. The Balaban J connectivity index is 2.41. The van der Waals surface area contributed by atoms with Gasteiger partial charge in [-0.1, -0.05) is 0 Å². The fourth-order valence-corrected chi connectivity index (χ4v) is 1.61. The zero-order chi connectivity index (χ0) is 14.9. The van der Waals surface area contributed by atoms with Gasteiger partial charge in [-0.2, -0.15) is 8.78 Å². The molecule has 1 amide bonds. The van der Waals surface area contributed by atoms with Crippen LogP contribution in [-0.4, -0.2) is 23.2 Å². The van der Waals surface area contributed by atoms with Crippen LogP contribution in [0.4, 0.5) is 28.9 Å². The second kappa shape index (κ2) is 4.95. The molecule has 20 heavy (non-hydrogen) atoms. The van der Waals surface area contributed by atoms with Crippen LogP contribution in [-0.2, 0) is 4.79 Å². The molecular weight excluding hydrogens is 278 g/mol. The minimum atomic E-state index is -4.77. The molecule has 0 aliphatic heterocycles. The lowest BCUT2D eigenvalue weighted by atomic mass is 10.1. The van der Waals surface area contributed by atoms with E-state index in [-0.39, 0.29) is 22.3 Å². The number of halogens is 4. The van der Waals surface area contributed by atoms with E-state index in [1.807, 2.05) is 0 Å². The first-order valence-corrected chi connectivity index (χ1v) is 5.44. The maximum Gasteiger partial charge on any atom is 0.383 e. The lowest BCUT2D eigenvalue weighted by molar-refractivity contribution is -0.163. The molecule has 1 heterocycles. The summed E-state index contributed by atoms with van der Waals surface area (Å²) in [5.74, 6) is -6.85. The summed E-state index contributed by atoms with van der Waals surface area (Å²) in [6.07, 6.45) is -2.65. The maximum atomic E-state index is 12.9. The molecule has 0 bridgehead atoms. The molecule has 8 heteroatoms. The number of nitrogen functional groups attached to an aromatic ring is 1. The van der Waals surface area contributed by atoms with Crippen molar-refractivity contribution < 1.29 is 22.4 Å². The smallest absolute Gasteiger partial charge is 0.383 e. The van der Waals surface area contributed by atoms with Gasteiger partial charge >= 0.3 is 18.3 Å². The van der Waals surface area contributed by atoms with Crippen LogP contribution >= 0.6 is 0 Å². The predicted molar refractivity (Wildman–Crippen MR) is 65.7 cm³/mol. The Morgan fingerprint density at radius 1 is 1.30 bits per heavy atom. The molecule has 4 nitrogen and oxygen atoms in total. The molecule has 0 radical (unpaired) electrons. The van der Waals surface area contributed by atoms with Crippen molar-refractivity contribution in [2.24, 2.45) is 0 Å². The van der Waals surface area contributed by atoms with Crippen LogP contribution in [0.25, 0.3) is 10.9 Å². The SMILES string of the molecule is Nc1ccc(NC(=O)C(F)(F)C(F)F)c2cccnc12. The second-order valence-electron chi connectivity index (χ2n) is 3.98.